The molecule has 0 saturated carbocycles. The summed E-state index contributed by atoms with van der Waals surface area (Å²) in [7, 11) is 1.58. The van der Waals surface area contributed by atoms with Gasteiger partial charge in [0.05, 0.1) is 17.6 Å². The van der Waals surface area contributed by atoms with Crippen LogP contribution in [0, 0.1) is 10.1 Å². The van der Waals surface area contributed by atoms with E-state index in [1.165, 1.54) is 12.1 Å². The molecule has 4 aromatic rings. The standard InChI is InChI=1S/C22H16ClN3O4/c1-29-20-10-7-15(11-14-5-8-18(9-6-14)26(27)28)12-19(20)21-24-22(30-25-21)16-3-2-4-17(23)13-16/h2-10,12-13H,11H2,1H3. The summed E-state index contributed by atoms with van der Waals surface area (Å²) in [6, 6.07) is 19.3. The second kappa shape index (κ2) is 8.34. The number of methoxy groups -OCH3 is 1. The van der Waals surface area contributed by atoms with Crippen molar-refractivity contribution in [1.82, 2.24) is 10.1 Å². The van der Waals surface area contributed by atoms with E-state index in [9.17, 15) is 10.1 Å². The number of nitro benzene ring substituents is 1. The molecule has 8 heteroatoms. The topological polar surface area (TPSA) is 91.3 Å². The fraction of sp³-hybridized carbons (Fsp3) is 0.0909. The number of ether oxygens (including phenoxy) is 1. The molecule has 0 aliphatic carbocycles. The van der Waals surface area contributed by atoms with Crippen LogP contribution in [0.15, 0.2) is 71.3 Å². The van der Waals surface area contributed by atoms with Crippen molar-refractivity contribution in [3.8, 4) is 28.6 Å². The minimum atomic E-state index is -0.414. The Kier molecular flexibility index (Phi) is 5.45. The summed E-state index contributed by atoms with van der Waals surface area (Å²) in [5.74, 6) is 1.36. The SMILES string of the molecule is COc1ccc(Cc2ccc([N+](=O)[O-])cc2)cc1-c1noc(-c2cccc(Cl)c2)n1. The summed E-state index contributed by atoms with van der Waals surface area (Å²) in [6.45, 7) is 0. The Bertz CT molecular complexity index is 1210. The highest BCUT2D eigenvalue weighted by Crippen LogP contribution is 2.32. The van der Waals surface area contributed by atoms with E-state index < -0.39 is 4.92 Å². The molecule has 150 valence electrons. The van der Waals surface area contributed by atoms with Crippen molar-refractivity contribution in [2.75, 3.05) is 7.11 Å². The summed E-state index contributed by atoms with van der Waals surface area (Å²) < 4.78 is 10.9. The number of non-ortho nitro benzene ring substituents is 1. The molecule has 0 spiro atoms. The van der Waals surface area contributed by atoms with E-state index in [1.807, 2.05) is 30.3 Å². The molecule has 0 atom stereocenters. The van der Waals surface area contributed by atoms with Crippen molar-refractivity contribution in [1.29, 1.82) is 0 Å². The van der Waals surface area contributed by atoms with Crippen molar-refractivity contribution >= 4 is 17.3 Å². The van der Waals surface area contributed by atoms with Crippen LogP contribution in [0.3, 0.4) is 0 Å². The van der Waals surface area contributed by atoms with Crippen LogP contribution in [0.1, 0.15) is 11.1 Å². The lowest BCUT2D eigenvalue weighted by Gasteiger charge is -2.08. The normalized spacial score (nSPS) is 10.7. The van der Waals surface area contributed by atoms with E-state index in [4.69, 9.17) is 20.9 Å². The third kappa shape index (κ3) is 4.16. The number of hydrogen-bond donors (Lipinski definition) is 0. The van der Waals surface area contributed by atoms with Crippen molar-refractivity contribution in [3.05, 3.63) is 93.0 Å². The zero-order chi connectivity index (χ0) is 21.1. The molecule has 0 saturated heterocycles. The molecule has 1 aromatic heterocycles. The van der Waals surface area contributed by atoms with Gasteiger partial charge in [0.1, 0.15) is 5.75 Å². The second-order valence-corrected chi connectivity index (χ2v) is 7.00. The van der Waals surface area contributed by atoms with E-state index in [2.05, 4.69) is 10.1 Å². The van der Waals surface area contributed by atoms with E-state index in [-0.39, 0.29) is 5.69 Å². The van der Waals surface area contributed by atoms with Crippen molar-refractivity contribution in [2.45, 2.75) is 6.42 Å². The maximum atomic E-state index is 10.8. The largest absolute Gasteiger partial charge is 0.496 e. The average Bonchev–Trinajstić information content (AvgIpc) is 3.24. The molecule has 0 aliphatic heterocycles. The third-order valence-corrected chi connectivity index (χ3v) is 4.79. The predicted octanol–water partition coefficient (Wildman–Crippen LogP) is 5.56. The Morgan fingerprint density at radius 1 is 1.07 bits per heavy atom. The van der Waals surface area contributed by atoms with E-state index in [0.717, 1.165) is 16.7 Å². The summed E-state index contributed by atoms with van der Waals surface area (Å²) >= 11 is 6.04. The van der Waals surface area contributed by atoms with Crippen LogP contribution in [-0.2, 0) is 6.42 Å². The molecule has 1 heterocycles. The molecular weight excluding hydrogens is 406 g/mol. The Morgan fingerprint density at radius 2 is 1.83 bits per heavy atom. The van der Waals surface area contributed by atoms with Crippen molar-refractivity contribution < 1.29 is 14.2 Å². The first-order valence-electron chi connectivity index (χ1n) is 9.04. The molecule has 3 aromatic carbocycles. The molecule has 7 nitrogen and oxygen atoms in total. The second-order valence-electron chi connectivity index (χ2n) is 6.57. The smallest absolute Gasteiger partial charge is 0.269 e. The van der Waals surface area contributed by atoms with Gasteiger partial charge in [-0.1, -0.05) is 41.0 Å². The maximum absolute atomic E-state index is 10.8. The van der Waals surface area contributed by atoms with Gasteiger partial charge in [-0.15, -0.1) is 0 Å². The number of benzene rings is 3. The summed E-state index contributed by atoms with van der Waals surface area (Å²) in [6.07, 6.45) is 0.591. The molecule has 0 fully saturated rings. The highest BCUT2D eigenvalue weighted by Gasteiger charge is 2.16. The number of rotatable bonds is 6. The highest BCUT2D eigenvalue weighted by atomic mass is 35.5. The molecule has 0 bridgehead atoms. The number of aromatic nitrogens is 2. The number of halogens is 1. The van der Waals surface area contributed by atoms with Gasteiger partial charge in [-0.25, -0.2) is 0 Å². The van der Waals surface area contributed by atoms with Crippen LogP contribution in [0.25, 0.3) is 22.8 Å². The highest BCUT2D eigenvalue weighted by molar-refractivity contribution is 6.30. The first kappa shape index (κ1) is 19.6. The molecule has 0 unspecified atom stereocenters. The fourth-order valence-corrected chi connectivity index (χ4v) is 3.27. The molecule has 4 rings (SSSR count). The fourth-order valence-electron chi connectivity index (χ4n) is 3.08. The number of nitro groups is 1. The van der Waals surface area contributed by atoms with Crippen LogP contribution in [0.4, 0.5) is 5.69 Å². The summed E-state index contributed by atoms with van der Waals surface area (Å²) in [5.41, 5.74) is 3.41. The molecule has 0 N–H and O–H groups in total. The van der Waals surface area contributed by atoms with Gasteiger partial charge in [-0.05, 0) is 47.9 Å². The van der Waals surface area contributed by atoms with Crippen LogP contribution < -0.4 is 4.74 Å². The van der Waals surface area contributed by atoms with Gasteiger partial charge in [-0.3, -0.25) is 10.1 Å². The Balaban J connectivity index is 1.64. The molecule has 0 radical (unpaired) electrons. The monoisotopic (exact) mass is 421 g/mol. The zero-order valence-corrected chi connectivity index (χ0v) is 16.7. The maximum Gasteiger partial charge on any atom is 0.269 e. The van der Waals surface area contributed by atoms with Crippen molar-refractivity contribution in [2.24, 2.45) is 0 Å². The lowest BCUT2D eigenvalue weighted by molar-refractivity contribution is -0.384. The molecule has 0 aliphatic rings. The first-order valence-corrected chi connectivity index (χ1v) is 9.41. The quantitative estimate of drug-likeness (QED) is 0.299. The van der Waals surface area contributed by atoms with Gasteiger partial charge < -0.3 is 9.26 Å². The van der Waals surface area contributed by atoms with Crippen molar-refractivity contribution in [3.63, 3.8) is 0 Å². The predicted molar refractivity (Wildman–Crippen MR) is 113 cm³/mol. The lowest BCUT2D eigenvalue weighted by atomic mass is 10.0. The van der Waals surface area contributed by atoms with Crippen LogP contribution in [-0.4, -0.2) is 22.2 Å². The Morgan fingerprint density at radius 3 is 2.53 bits per heavy atom. The average molecular weight is 422 g/mol. The third-order valence-electron chi connectivity index (χ3n) is 4.56. The Labute approximate surface area is 177 Å². The first-order chi connectivity index (χ1) is 14.5. The lowest BCUT2D eigenvalue weighted by Crippen LogP contribution is -1.94. The number of nitrogens with zero attached hydrogens (tertiary/aromatic N) is 3. The summed E-state index contributed by atoms with van der Waals surface area (Å²) in [5, 5.41) is 15.5. The van der Waals surface area contributed by atoms with Gasteiger partial charge in [0.15, 0.2) is 0 Å². The van der Waals surface area contributed by atoms with Gasteiger partial charge in [0.25, 0.3) is 11.6 Å². The van der Waals surface area contributed by atoms with Crippen LogP contribution >= 0.6 is 11.6 Å². The van der Waals surface area contributed by atoms with Gasteiger partial charge in [-0.2, -0.15) is 4.98 Å². The van der Waals surface area contributed by atoms with Gasteiger partial charge >= 0.3 is 0 Å². The minimum absolute atomic E-state index is 0.0644. The Hall–Kier alpha value is -3.71. The van der Waals surface area contributed by atoms with E-state index in [1.54, 1.807) is 31.4 Å². The van der Waals surface area contributed by atoms with Crippen LogP contribution in [0.5, 0.6) is 5.75 Å². The van der Waals surface area contributed by atoms with E-state index >= 15 is 0 Å². The molecular formula is C22H16ClN3O4. The van der Waals surface area contributed by atoms with Gasteiger partial charge in [0.2, 0.25) is 5.82 Å². The summed E-state index contributed by atoms with van der Waals surface area (Å²) in [4.78, 5) is 14.9. The molecule has 0 amide bonds. The number of hydrogen-bond acceptors (Lipinski definition) is 6. The zero-order valence-electron chi connectivity index (χ0n) is 15.9. The van der Waals surface area contributed by atoms with Gasteiger partial charge in [0, 0.05) is 22.7 Å². The minimum Gasteiger partial charge on any atom is -0.496 e. The van der Waals surface area contributed by atoms with E-state index in [0.29, 0.717) is 34.5 Å². The molecule has 30 heavy (non-hydrogen) atoms. The van der Waals surface area contributed by atoms with Crippen LogP contribution in [0.2, 0.25) is 5.02 Å².